The molecule has 0 bridgehead atoms. The maximum Gasteiger partial charge on any atom is 0.242 e. The van der Waals surface area contributed by atoms with Gasteiger partial charge >= 0.3 is 0 Å². The van der Waals surface area contributed by atoms with Crippen LogP contribution in [0.3, 0.4) is 0 Å². The minimum Gasteiger partial charge on any atom is -0.352 e. The Labute approximate surface area is 189 Å². The number of nitrogens with one attached hydrogen (secondary N) is 1. The van der Waals surface area contributed by atoms with Crippen molar-refractivity contribution in [3.63, 3.8) is 0 Å². The summed E-state index contributed by atoms with van der Waals surface area (Å²) in [6.45, 7) is 10.4. The largest absolute Gasteiger partial charge is 0.352 e. The van der Waals surface area contributed by atoms with Crippen LogP contribution in [0.2, 0.25) is 0 Å². The Morgan fingerprint density at radius 2 is 1.47 bits per heavy atom. The summed E-state index contributed by atoms with van der Waals surface area (Å²) in [5.74, 6) is 0.344. The number of nitrogens with zero attached hydrogens (tertiary/aromatic N) is 1. The van der Waals surface area contributed by atoms with E-state index >= 15 is 0 Å². The zero-order valence-corrected chi connectivity index (χ0v) is 20.2. The molecular formula is C25H33BrN2O2. The summed E-state index contributed by atoms with van der Waals surface area (Å²) in [5.41, 5.74) is 3.42. The second-order valence-electron chi connectivity index (χ2n) is 8.38. The molecule has 0 spiro atoms. The topological polar surface area (TPSA) is 49.4 Å². The normalized spacial score (nSPS) is 12.1. The van der Waals surface area contributed by atoms with Gasteiger partial charge in [-0.15, -0.1) is 0 Å². The summed E-state index contributed by atoms with van der Waals surface area (Å²) in [4.78, 5) is 27.4. The molecule has 2 rings (SSSR count). The highest BCUT2D eigenvalue weighted by molar-refractivity contribution is 9.10. The molecule has 1 unspecified atom stereocenters. The van der Waals surface area contributed by atoms with Crippen molar-refractivity contribution in [1.82, 2.24) is 10.2 Å². The van der Waals surface area contributed by atoms with Crippen LogP contribution < -0.4 is 5.32 Å². The van der Waals surface area contributed by atoms with Crippen molar-refractivity contribution in [2.75, 3.05) is 0 Å². The van der Waals surface area contributed by atoms with E-state index in [4.69, 9.17) is 0 Å². The maximum absolute atomic E-state index is 13.1. The third kappa shape index (κ3) is 7.28. The zero-order chi connectivity index (χ0) is 22.3. The Morgan fingerprint density at radius 1 is 0.900 bits per heavy atom. The monoisotopic (exact) mass is 472 g/mol. The van der Waals surface area contributed by atoms with Crippen LogP contribution in [0, 0.1) is 0 Å². The highest BCUT2D eigenvalue weighted by Gasteiger charge is 2.26. The molecule has 0 saturated heterocycles. The van der Waals surface area contributed by atoms with Crippen molar-refractivity contribution in [3.8, 4) is 0 Å². The van der Waals surface area contributed by atoms with E-state index in [1.54, 1.807) is 11.8 Å². The Kier molecular flexibility index (Phi) is 9.09. The summed E-state index contributed by atoms with van der Waals surface area (Å²) in [7, 11) is 0. The van der Waals surface area contributed by atoms with Crippen molar-refractivity contribution >= 4 is 27.7 Å². The molecule has 1 atom stereocenters. The highest BCUT2D eigenvalue weighted by atomic mass is 79.9. The molecule has 1 N–H and O–H groups in total. The number of carbonyl (C=O) groups excluding carboxylic acids is 2. The van der Waals surface area contributed by atoms with Gasteiger partial charge in [-0.2, -0.15) is 0 Å². The van der Waals surface area contributed by atoms with Crippen LogP contribution in [0.25, 0.3) is 0 Å². The fourth-order valence-corrected chi connectivity index (χ4v) is 3.50. The standard InChI is InChI=1S/C25H33BrN2O2/c1-17(2)22-11-6-20(7-12-22)10-15-24(29)28(19(5)25(30)27-18(3)4)16-21-8-13-23(26)14-9-21/h6-9,11-14,17-19H,10,15-16H2,1-5H3,(H,27,30). The van der Waals surface area contributed by atoms with Crippen LogP contribution in [-0.4, -0.2) is 28.8 Å². The van der Waals surface area contributed by atoms with Crippen LogP contribution >= 0.6 is 15.9 Å². The highest BCUT2D eigenvalue weighted by Crippen LogP contribution is 2.18. The first-order chi connectivity index (χ1) is 14.2. The second-order valence-corrected chi connectivity index (χ2v) is 9.30. The lowest BCUT2D eigenvalue weighted by atomic mass is 10.00. The number of hydrogen-bond acceptors (Lipinski definition) is 2. The molecule has 2 aromatic carbocycles. The molecular weight excluding hydrogens is 440 g/mol. The van der Waals surface area contributed by atoms with Crippen molar-refractivity contribution < 1.29 is 9.59 Å². The lowest BCUT2D eigenvalue weighted by Crippen LogP contribution is -2.49. The Balaban J connectivity index is 2.11. The SMILES string of the molecule is CC(C)NC(=O)C(C)N(Cc1ccc(Br)cc1)C(=O)CCc1ccc(C(C)C)cc1. The number of amides is 2. The van der Waals surface area contributed by atoms with E-state index in [0.717, 1.165) is 15.6 Å². The Morgan fingerprint density at radius 3 is 2.00 bits per heavy atom. The van der Waals surface area contributed by atoms with E-state index in [1.807, 2.05) is 38.1 Å². The molecule has 30 heavy (non-hydrogen) atoms. The van der Waals surface area contributed by atoms with Gasteiger partial charge in [0.1, 0.15) is 6.04 Å². The predicted octanol–water partition coefficient (Wildman–Crippen LogP) is 5.45. The van der Waals surface area contributed by atoms with E-state index in [2.05, 4.69) is 59.4 Å². The molecule has 0 aromatic heterocycles. The lowest BCUT2D eigenvalue weighted by molar-refractivity contribution is -0.140. The smallest absolute Gasteiger partial charge is 0.242 e. The number of halogens is 1. The minimum atomic E-state index is -0.535. The van der Waals surface area contributed by atoms with Crippen LogP contribution in [0.4, 0.5) is 0 Å². The molecule has 2 amide bonds. The van der Waals surface area contributed by atoms with Gasteiger partial charge < -0.3 is 10.2 Å². The van der Waals surface area contributed by atoms with Gasteiger partial charge in [-0.05, 0) is 61.9 Å². The summed E-state index contributed by atoms with van der Waals surface area (Å²) >= 11 is 3.44. The lowest BCUT2D eigenvalue weighted by Gasteiger charge is -2.29. The van der Waals surface area contributed by atoms with Gasteiger partial charge in [0.15, 0.2) is 0 Å². The minimum absolute atomic E-state index is 0.0164. The number of rotatable bonds is 9. The predicted molar refractivity (Wildman–Crippen MR) is 126 cm³/mol. The van der Waals surface area contributed by atoms with Gasteiger partial charge in [-0.3, -0.25) is 9.59 Å². The molecule has 0 heterocycles. The first kappa shape index (κ1) is 24.1. The van der Waals surface area contributed by atoms with Gasteiger partial charge in [-0.1, -0.05) is 66.2 Å². The second kappa shape index (κ2) is 11.3. The summed E-state index contributed by atoms with van der Waals surface area (Å²) in [6, 6.07) is 15.8. The third-order valence-corrected chi connectivity index (χ3v) is 5.67. The summed E-state index contributed by atoms with van der Waals surface area (Å²) < 4.78 is 0.986. The van der Waals surface area contributed by atoms with Gasteiger partial charge in [0, 0.05) is 23.5 Å². The quantitative estimate of drug-likeness (QED) is 0.527. The summed E-state index contributed by atoms with van der Waals surface area (Å²) in [5, 5.41) is 2.92. The van der Waals surface area contributed by atoms with Crippen molar-refractivity contribution in [3.05, 3.63) is 69.7 Å². The average Bonchev–Trinajstić information content (AvgIpc) is 2.70. The number of aryl methyl sites for hydroxylation is 1. The molecule has 162 valence electrons. The molecule has 0 aliphatic carbocycles. The van der Waals surface area contributed by atoms with Crippen molar-refractivity contribution in [2.24, 2.45) is 0 Å². The Hall–Kier alpha value is -2.14. The van der Waals surface area contributed by atoms with Crippen molar-refractivity contribution in [1.29, 1.82) is 0 Å². The molecule has 2 aromatic rings. The molecule has 0 aliphatic heterocycles. The number of hydrogen-bond donors (Lipinski definition) is 1. The Bertz CT molecular complexity index is 829. The number of benzene rings is 2. The fraction of sp³-hybridized carbons (Fsp3) is 0.440. The van der Waals surface area contributed by atoms with E-state index in [0.29, 0.717) is 25.3 Å². The van der Waals surface area contributed by atoms with Crippen molar-refractivity contribution in [2.45, 2.75) is 72.0 Å². The molecule has 0 aliphatic rings. The molecule has 0 radical (unpaired) electrons. The van der Waals surface area contributed by atoms with Gasteiger partial charge in [-0.25, -0.2) is 0 Å². The summed E-state index contributed by atoms with van der Waals surface area (Å²) in [6.07, 6.45) is 1.03. The first-order valence-electron chi connectivity index (χ1n) is 10.6. The maximum atomic E-state index is 13.1. The van der Waals surface area contributed by atoms with E-state index < -0.39 is 6.04 Å². The molecule has 0 saturated carbocycles. The van der Waals surface area contributed by atoms with E-state index in [9.17, 15) is 9.59 Å². The van der Waals surface area contributed by atoms with Gasteiger partial charge in [0.05, 0.1) is 0 Å². The van der Waals surface area contributed by atoms with E-state index in [1.165, 1.54) is 5.56 Å². The van der Waals surface area contributed by atoms with Crippen LogP contribution in [-0.2, 0) is 22.6 Å². The first-order valence-corrected chi connectivity index (χ1v) is 11.4. The van der Waals surface area contributed by atoms with Crippen LogP contribution in [0.1, 0.15) is 63.6 Å². The van der Waals surface area contributed by atoms with Crippen LogP contribution in [0.15, 0.2) is 53.0 Å². The molecule has 0 fully saturated rings. The number of carbonyl (C=O) groups is 2. The fourth-order valence-electron chi connectivity index (χ4n) is 3.24. The van der Waals surface area contributed by atoms with Gasteiger partial charge in [0.2, 0.25) is 11.8 Å². The molecule has 4 nitrogen and oxygen atoms in total. The van der Waals surface area contributed by atoms with Crippen LogP contribution in [0.5, 0.6) is 0 Å². The van der Waals surface area contributed by atoms with E-state index in [-0.39, 0.29) is 17.9 Å². The zero-order valence-electron chi connectivity index (χ0n) is 18.6. The third-order valence-electron chi connectivity index (χ3n) is 5.14. The molecule has 5 heteroatoms. The average molecular weight is 473 g/mol. The van der Waals surface area contributed by atoms with Gasteiger partial charge in [0.25, 0.3) is 0 Å².